The monoisotopic (exact) mass is 335 g/mol. The molecule has 23 heavy (non-hydrogen) atoms. The SMILES string of the molecule is CCCCCC1=NN=CC1=C(CCCCC)c1sc(=O)[nH]c1O. The number of rotatable bonds is 9. The normalized spacial score (nSPS) is 16.0. The highest BCUT2D eigenvalue weighted by Gasteiger charge is 2.21. The number of allylic oxidation sites excluding steroid dienone is 2. The highest BCUT2D eigenvalue weighted by molar-refractivity contribution is 7.10. The molecular formula is C17H25N3O2S. The fourth-order valence-electron chi connectivity index (χ4n) is 2.71. The number of hydrogen-bond acceptors (Lipinski definition) is 5. The van der Waals surface area contributed by atoms with Crippen LogP contribution in [0.4, 0.5) is 0 Å². The van der Waals surface area contributed by atoms with E-state index in [1.165, 1.54) is 6.42 Å². The highest BCUT2D eigenvalue weighted by atomic mass is 32.1. The molecule has 0 amide bonds. The number of thiazole rings is 1. The van der Waals surface area contributed by atoms with Crippen molar-refractivity contribution in [3.05, 3.63) is 20.1 Å². The molecule has 126 valence electrons. The van der Waals surface area contributed by atoms with E-state index in [1.807, 2.05) is 0 Å². The summed E-state index contributed by atoms with van der Waals surface area (Å²) in [5.74, 6) is -0.0350. The molecule has 2 rings (SSSR count). The lowest BCUT2D eigenvalue weighted by Crippen LogP contribution is -2.04. The van der Waals surface area contributed by atoms with Crippen molar-refractivity contribution >= 4 is 28.8 Å². The third-order valence-corrected chi connectivity index (χ3v) is 4.88. The van der Waals surface area contributed by atoms with Crippen LogP contribution in [0.2, 0.25) is 0 Å². The summed E-state index contributed by atoms with van der Waals surface area (Å²) in [6, 6.07) is 0. The maximum Gasteiger partial charge on any atom is 0.307 e. The first kappa shape index (κ1) is 17.7. The minimum absolute atomic E-state index is 0.0350. The van der Waals surface area contributed by atoms with Gasteiger partial charge in [-0.1, -0.05) is 50.9 Å². The van der Waals surface area contributed by atoms with Gasteiger partial charge in [0.25, 0.3) is 0 Å². The lowest BCUT2D eigenvalue weighted by atomic mass is 9.95. The second-order valence-corrected chi connectivity index (χ2v) is 6.77. The summed E-state index contributed by atoms with van der Waals surface area (Å²) in [7, 11) is 0. The van der Waals surface area contributed by atoms with Crippen molar-refractivity contribution in [2.45, 2.75) is 65.2 Å². The molecular weight excluding hydrogens is 310 g/mol. The van der Waals surface area contributed by atoms with Gasteiger partial charge in [-0.05, 0) is 31.3 Å². The third-order valence-electron chi connectivity index (χ3n) is 3.95. The van der Waals surface area contributed by atoms with Gasteiger partial charge in [0.1, 0.15) is 0 Å². The first-order valence-electron chi connectivity index (χ1n) is 8.43. The first-order valence-corrected chi connectivity index (χ1v) is 9.24. The van der Waals surface area contributed by atoms with Crippen molar-refractivity contribution in [1.82, 2.24) is 4.98 Å². The predicted molar refractivity (Wildman–Crippen MR) is 97.7 cm³/mol. The van der Waals surface area contributed by atoms with Crippen LogP contribution in [0.3, 0.4) is 0 Å². The smallest absolute Gasteiger partial charge is 0.307 e. The molecule has 0 aromatic carbocycles. The molecule has 0 spiro atoms. The number of aromatic amines is 1. The molecule has 1 aliphatic rings. The predicted octanol–water partition coefficient (Wildman–Crippen LogP) is 4.50. The number of H-pyrrole nitrogens is 1. The molecule has 1 aromatic heterocycles. The van der Waals surface area contributed by atoms with Crippen LogP contribution in [0.1, 0.15) is 70.1 Å². The molecule has 2 heterocycles. The van der Waals surface area contributed by atoms with Gasteiger partial charge >= 0.3 is 4.87 Å². The Hall–Kier alpha value is -1.69. The Morgan fingerprint density at radius 2 is 1.96 bits per heavy atom. The summed E-state index contributed by atoms with van der Waals surface area (Å²) in [6.45, 7) is 4.34. The summed E-state index contributed by atoms with van der Waals surface area (Å²) in [4.78, 5) is 14.4. The average Bonchev–Trinajstić information content (AvgIpc) is 3.11. The number of nitrogens with zero attached hydrogens (tertiary/aromatic N) is 2. The van der Waals surface area contributed by atoms with Crippen LogP contribution < -0.4 is 4.87 Å². The molecule has 0 aliphatic carbocycles. The lowest BCUT2D eigenvalue weighted by molar-refractivity contribution is 0.454. The molecule has 0 bridgehead atoms. The van der Waals surface area contributed by atoms with Gasteiger partial charge < -0.3 is 5.11 Å². The van der Waals surface area contributed by atoms with Gasteiger partial charge in [-0.15, -0.1) is 0 Å². The van der Waals surface area contributed by atoms with Crippen LogP contribution in [-0.2, 0) is 0 Å². The van der Waals surface area contributed by atoms with E-state index < -0.39 is 0 Å². The maximum atomic E-state index is 11.6. The number of aromatic hydroxyl groups is 1. The average molecular weight is 335 g/mol. The van der Waals surface area contributed by atoms with Crippen LogP contribution >= 0.6 is 11.3 Å². The summed E-state index contributed by atoms with van der Waals surface area (Å²) in [5.41, 5.74) is 2.96. The van der Waals surface area contributed by atoms with Gasteiger partial charge in [-0.3, -0.25) is 9.78 Å². The van der Waals surface area contributed by atoms with Crippen LogP contribution in [0.25, 0.3) is 5.57 Å². The Morgan fingerprint density at radius 1 is 1.22 bits per heavy atom. The minimum Gasteiger partial charge on any atom is -0.493 e. The Bertz CT molecular complexity index is 668. The van der Waals surface area contributed by atoms with Gasteiger partial charge in [0, 0.05) is 5.57 Å². The standard InChI is InChI=1S/C17H25N3O2S/c1-3-5-7-9-12(15-16(21)19-17(22)23-15)13-11-18-20-14(13)10-8-6-4-2/h11,21H,3-10H2,1-2H3,(H,19,22). The van der Waals surface area contributed by atoms with Crippen LogP contribution in [0.5, 0.6) is 5.88 Å². The van der Waals surface area contributed by atoms with Gasteiger partial charge in [-0.2, -0.15) is 10.2 Å². The zero-order valence-corrected chi connectivity index (χ0v) is 14.7. The zero-order valence-electron chi connectivity index (χ0n) is 13.9. The van der Waals surface area contributed by atoms with Crippen molar-refractivity contribution < 1.29 is 5.11 Å². The Labute approximate surface area is 140 Å². The van der Waals surface area contributed by atoms with Crippen molar-refractivity contribution in [2.24, 2.45) is 10.2 Å². The number of hydrogen-bond donors (Lipinski definition) is 2. The number of aromatic nitrogens is 1. The fraction of sp³-hybridized carbons (Fsp3) is 0.588. The zero-order chi connectivity index (χ0) is 16.7. The van der Waals surface area contributed by atoms with Gasteiger partial charge in [0.05, 0.1) is 16.8 Å². The van der Waals surface area contributed by atoms with E-state index in [0.29, 0.717) is 4.88 Å². The van der Waals surface area contributed by atoms with E-state index in [9.17, 15) is 9.90 Å². The van der Waals surface area contributed by atoms with Crippen LogP contribution in [0, 0.1) is 0 Å². The van der Waals surface area contributed by atoms with Crippen LogP contribution in [0.15, 0.2) is 20.6 Å². The van der Waals surface area contributed by atoms with E-state index in [4.69, 9.17) is 0 Å². The van der Waals surface area contributed by atoms with E-state index in [-0.39, 0.29) is 10.8 Å². The minimum atomic E-state index is -0.231. The molecule has 1 aromatic rings. The lowest BCUT2D eigenvalue weighted by Gasteiger charge is -2.10. The van der Waals surface area contributed by atoms with E-state index in [2.05, 4.69) is 29.0 Å². The summed E-state index contributed by atoms with van der Waals surface area (Å²) in [5, 5.41) is 18.4. The molecule has 0 atom stereocenters. The highest BCUT2D eigenvalue weighted by Crippen LogP contribution is 2.34. The maximum absolute atomic E-state index is 11.6. The Balaban J connectivity index is 2.31. The van der Waals surface area contributed by atoms with Gasteiger partial charge in [0.15, 0.2) is 0 Å². The largest absolute Gasteiger partial charge is 0.493 e. The van der Waals surface area contributed by atoms with Crippen molar-refractivity contribution in [2.75, 3.05) is 0 Å². The van der Waals surface area contributed by atoms with Crippen LogP contribution in [-0.4, -0.2) is 22.0 Å². The fourth-order valence-corrected chi connectivity index (χ4v) is 3.53. The molecule has 0 fully saturated rings. The number of unbranched alkanes of at least 4 members (excludes halogenated alkanes) is 4. The van der Waals surface area contributed by atoms with E-state index in [1.54, 1.807) is 6.21 Å². The molecule has 2 N–H and O–H groups in total. The van der Waals surface area contributed by atoms with Crippen molar-refractivity contribution in [3.63, 3.8) is 0 Å². The van der Waals surface area contributed by atoms with Crippen molar-refractivity contribution in [1.29, 1.82) is 0 Å². The quantitative estimate of drug-likeness (QED) is 0.652. The summed E-state index contributed by atoms with van der Waals surface area (Å²) >= 11 is 1.06. The molecule has 5 nitrogen and oxygen atoms in total. The van der Waals surface area contributed by atoms with E-state index in [0.717, 1.165) is 73.1 Å². The molecule has 0 saturated heterocycles. The molecule has 1 aliphatic heterocycles. The summed E-state index contributed by atoms with van der Waals surface area (Å²) < 4.78 is 0. The van der Waals surface area contributed by atoms with Gasteiger partial charge in [-0.25, -0.2) is 0 Å². The number of nitrogens with one attached hydrogen (secondary N) is 1. The Kier molecular flexibility index (Phi) is 6.77. The second-order valence-electron chi connectivity index (χ2n) is 5.79. The first-order chi connectivity index (χ1) is 11.2. The molecule has 0 saturated carbocycles. The second kappa shape index (κ2) is 8.82. The topological polar surface area (TPSA) is 77.8 Å². The van der Waals surface area contributed by atoms with E-state index >= 15 is 0 Å². The molecule has 6 heteroatoms. The molecule has 0 radical (unpaired) electrons. The van der Waals surface area contributed by atoms with Gasteiger partial charge in [0.2, 0.25) is 5.88 Å². The van der Waals surface area contributed by atoms with Crippen molar-refractivity contribution in [3.8, 4) is 5.88 Å². The third kappa shape index (κ3) is 4.64. The summed E-state index contributed by atoms with van der Waals surface area (Å²) in [6.07, 6.45) is 10.2. The molecule has 0 unspecified atom stereocenters. The Morgan fingerprint density at radius 3 is 2.61 bits per heavy atom.